The van der Waals surface area contributed by atoms with Gasteiger partial charge in [-0.25, -0.2) is 14.5 Å². The predicted molar refractivity (Wildman–Crippen MR) is 144 cm³/mol. The van der Waals surface area contributed by atoms with E-state index in [0.29, 0.717) is 12.0 Å². The van der Waals surface area contributed by atoms with Gasteiger partial charge in [0.2, 0.25) is 0 Å². The minimum absolute atomic E-state index is 0.360. The number of aryl methyl sites for hydroxylation is 2. The van der Waals surface area contributed by atoms with Crippen LogP contribution in [0.25, 0.3) is 27.8 Å². The third-order valence-electron chi connectivity index (χ3n) is 8.39. The number of nitrogens with one attached hydrogen (secondary N) is 1. The van der Waals surface area contributed by atoms with E-state index in [0.717, 1.165) is 74.8 Å². The first-order valence-corrected chi connectivity index (χ1v) is 13.3. The summed E-state index contributed by atoms with van der Waals surface area (Å²) in [5.41, 5.74) is 9.39. The van der Waals surface area contributed by atoms with Gasteiger partial charge in [0.05, 0.1) is 17.4 Å². The first-order valence-electron chi connectivity index (χ1n) is 13.3. The highest BCUT2D eigenvalue weighted by Crippen LogP contribution is 2.40. The standard InChI is InChI=1S/C28H37N7O/c1-17(2)24-25-20(5)27(34-10-8-33(9-11-34)21-6-12-36-13-7-21)29-14-23(25)32-26(24)22-15-35-28(30-16-31-35)19(4)18(22)3/h14-17,21,32H,6-13H2,1-5H3. The Morgan fingerprint density at radius 1 is 0.972 bits per heavy atom. The maximum Gasteiger partial charge on any atom is 0.158 e. The fraction of sp³-hybridized carbons (Fsp3) is 0.536. The lowest BCUT2D eigenvalue weighted by molar-refractivity contribution is 0.0321. The number of nitrogens with zero attached hydrogens (tertiary/aromatic N) is 6. The third kappa shape index (κ3) is 3.78. The fourth-order valence-electron chi connectivity index (χ4n) is 6.28. The Labute approximate surface area is 212 Å². The summed E-state index contributed by atoms with van der Waals surface area (Å²) in [4.78, 5) is 18.3. The van der Waals surface area contributed by atoms with Crippen molar-refractivity contribution in [1.82, 2.24) is 29.5 Å². The average Bonchev–Trinajstić information content (AvgIpc) is 3.52. The summed E-state index contributed by atoms with van der Waals surface area (Å²) in [6.07, 6.45) is 8.09. The largest absolute Gasteiger partial charge is 0.381 e. The molecule has 6 heterocycles. The van der Waals surface area contributed by atoms with Crippen LogP contribution in [0.15, 0.2) is 18.7 Å². The highest BCUT2D eigenvalue weighted by atomic mass is 16.5. The van der Waals surface area contributed by atoms with Gasteiger partial charge in [-0.05, 0) is 56.2 Å². The number of rotatable bonds is 4. The Kier molecular flexibility index (Phi) is 5.96. The summed E-state index contributed by atoms with van der Waals surface area (Å²) in [6, 6.07) is 0.672. The van der Waals surface area contributed by atoms with Crippen LogP contribution in [0.5, 0.6) is 0 Å². The van der Waals surface area contributed by atoms with Gasteiger partial charge in [-0.1, -0.05) is 13.8 Å². The second-order valence-electron chi connectivity index (χ2n) is 10.8. The van der Waals surface area contributed by atoms with Gasteiger partial charge in [0, 0.05) is 68.1 Å². The summed E-state index contributed by atoms with van der Waals surface area (Å²) in [5, 5.41) is 5.74. The van der Waals surface area contributed by atoms with Crippen molar-refractivity contribution in [1.29, 1.82) is 0 Å². The van der Waals surface area contributed by atoms with E-state index in [2.05, 4.69) is 65.7 Å². The molecule has 0 spiro atoms. The van der Waals surface area contributed by atoms with E-state index in [1.165, 1.54) is 33.3 Å². The Morgan fingerprint density at radius 3 is 2.44 bits per heavy atom. The molecule has 0 radical (unpaired) electrons. The van der Waals surface area contributed by atoms with Crippen LogP contribution in [0, 0.1) is 20.8 Å². The van der Waals surface area contributed by atoms with Gasteiger partial charge in [-0.2, -0.15) is 5.10 Å². The summed E-state index contributed by atoms with van der Waals surface area (Å²) in [7, 11) is 0. The average molecular weight is 488 g/mol. The van der Waals surface area contributed by atoms with Gasteiger partial charge in [0.1, 0.15) is 12.1 Å². The van der Waals surface area contributed by atoms with Crippen LogP contribution in [0.2, 0.25) is 0 Å². The Morgan fingerprint density at radius 2 is 1.72 bits per heavy atom. The molecule has 0 atom stereocenters. The molecule has 8 heteroatoms. The van der Waals surface area contributed by atoms with Gasteiger partial charge in [-0.15, -0.1) is 0 Å². The molecule has 2 aliphatic rings. The first-order chi connectivity index (χ1) is 17.4. The summed E-state index contributed by atoms with van der Waals surface area (Å²) in [6.45, 7) is 17.2. The molecule has 0 aliphatic carbocycles. The van der Waals surface area contributed by atoms with Crippen molar-refractivity contribution >= 4 is 22.4 Å². The van der Waals surface area contributed by atoms with Crippen LogP contribution in [-0.4, -0.2) is 74.9 Å². The minimum atomic E-state index is 0.360. The molecule has 190 valence electrons. The maximum absolute atomic E-state index is 5.57. The van der Waals surface area contributed by atoms with Gasteiger partial charge in [0.25, 0.3) is 0 Å². The number of fused-ring (bicyclic) bond motifs is 2. The summed E-state index contributed by atoms with van der Waals surface area (Å²) >= 11 is 0. The van der Waals surface area contributed by atoms with Crippen LogP contribution in [0.3, 0.4) is 0 Å². The molecular formula is C28H37N7O. The molecule has 2 saturated heterocycles. The topological polar surface area (TPSA) is 74.6 Å². The summed E-state index contributed by atoms with van der Waals surface area (Å²) in [5.74, 6) is 1.49. The Hall–Kier alpha value is -2.97. The van der Waals surface area contributed by atoms with Crippen LogP contribution in [-0.2, 0) is 4.74 Å². The van der Waals surface area contributed by atoms with Crippen LogP contribution in [0.1, 0.15) is 54.9 Å². The van der Waals surface area contributed by atoms with Gasteiger partial charge < -0.3 is 14.6 Å². The SMILES string of the molecule is Cc1c(-c2[nH]c3cnc(N4CCN(C5CCOCC5)CC4)c(C)c3c2C(C)C)cn2ncnc2c1C. The Balaban J connectivity index is 1.38. The van der Waals surface area contributed by atoms with Crippen molar-refractivity contribution in [3.8, 4) is 11.3 Å². The van der Waals surface area contributed by atoms with Crippen molar-refractivity contribution in [2.24, 2.45) is 0 Å². The molecule has 0 saturated carbocycles. The van der Waals surface area contributed by atoms with Gasteiger partial charge >= 0.3 is 0 Å². The fourth-order valence-corrected chi connectivity index (χ4v) is 6.28. The third-order valence-corrected chi connectivity index (χ3v) is 8.39. The smallest absolute Gasteiger partial charge is 0.158 e. The van der Waals surface area contributed by atoms with Crippen LogP contribution in [0.4, 0.5) is 5.82 Å². The monoisotopic (exact) mass is 487 g/mol. The van der Waals surface area contributed by atoms with Crippen molar-refractivity contribution in [3.63, 3.8) is 0 Å². The highest BCUT2D eigenvalue weighted by molar-refractivity contribution is 5.96. The first kappa shape index (κ1) is 23.4. The molecule has 0 amide bonds. The number of anilines is 1. The number of aromatic nitrogens is 5. The second kappa shape index (κ2) is 9.16. The van der Waals surface area contributed by atoms with E-state index in [1.54, 1.807) is 6.33 Å². The number of pyridine rings is 2. The van der Waals surface area contributed by atoms with E-state index in [9.17, 15) is 0 Å². The quantitative estimate of drug-likeness (QED) is 0.453. The molecule has 0 bridgehead atoms. The van der Waals surface area contributed by atoms with Crippen LogP contribution < -0.4 is 4.90 Å². The van der Waals surface area contributed by atoms with Gasteiger partial charge in [-0.3, -0.25) is 4.90 Å². The molecule has 4 aromatic rings. The van der Waals surface area contributed by atoms with Crippen molar-refractivity contribution < 1.29 is 4.74 Å². The molecule has 1 N–H and O–H groups in total. The number of hydrogen-bond donors (Lipinski definition) is 1. The maximum atomic E-state index is 5.57. The second-order valence-corrected chi connectivity index (χ2v) is 10.8. The lowest BCUT2D eigenvalue weighted by Crippen LogP contribution is -2.52. The normalized spacial score (nSPS) is 18.2. The number of aromatic amines is 1. The lowest BCUT2D eigenvalue weighted by Gasteiger charge is -2.41. The number of piperazine rings is 1. The van der Waals surface area contributed by atoms with Gasteiger partial charge in [0.15, 0.2) is 5.65 Å². The zero-order chi connectivity index (χ0) is 25.0. The number of hydrogen-bond acceptors (Lipinski definition) is 6. The lowest BCUT2D eigenvalue weighted by atomic mass is 9.92. The molecular weight excluding hydrogens is 450 g/mol. The van der Waals surface area contributed by atoms with Crippen molar-refractivity contribution in [2.75, 3.05) is 44.3 Å². The van der Waals surface area contributed by atoms with Crippen molar-refractivity contribution in [3.05, 3.63) is 41.0 Å². The molecule has 0 unspecified atom stereocenters. The predicted octanol–water partition coefficient (Wildman–Crippen LogP) is 4.62. The molecule has 4 aromatic heterocycles. The van der Waals surface area contributed by atoms with E-state index in [1.807, 2.05) is 10.7 Å². The molecule has 0 aromatic carbocycles. The van der Waals surface area contributed by atoms with Crippen molar-refractivity contribution in [2.45, 2.75) is 59.4 Å². The number of H-pyrrole nitrogens is 1. The molecule has 2 fully saturated rings. The van der Waals surface area contributed by atoms with Crippen LogP contribution >= 0.6 is 0 Å². The number of ether oxygens (including phenoxy) is 1. The molecule has 6 rings (SSSR count). The molecule has 8 nitrogen and oxygen atoms in total. The summed E-state index contributed by atoms with van der Waals surface area (Å²) < 4.78 is 7.47. The van der Waals surface area contributed by atoms with E-state index in [4.69, 9.17) is 9.72 Å². The highest BCUT2D eigenvalue weighted by Gasteiger charge is 2.28. The zero-order valence-corrected chi connectivity index (χ0v) is 22.1. The Bertz CT molecular complexity index is 1400. The van der Waals surface area contributed by atoms with E-state index < -0.39 is 0 Å². The molecule has 36 heavy (non-hydrogen) atoms. The van der Waals surface area contributed by atoms with E-state index >= 15 is 0 Å². The molecule has 2 aliphatic heterocycles. The minimum Gasteiger partial charge on any atom is -0.381 e. The zero-order valence-electron chi connectivity index (χ0n) is 22.1. The van der Waals surface area contributed by atoms with E-state index in [-0.39, 0.29) is 0 Å².